The highest BCUT2D eigenvalue weighted by atomic mass is 16.7. The molecule has 1 aliphatic heterocycles. The van der Waals surface area contributed by atoms with Crippen molar-refractivity contribution in [3.05, 3.63) is 23.8 Å². The lowest BCUT2D eigenvalue weighted by molar-refractivity contribution is 0.172. The molecule has 0 aromatic heterocycles. The molecule has 1 heterocycles. The summed E-state index contributed by atoms with van der Waals surface area (Å²) in [5.74, 6) is 1.78. The van der Waals surface area contributed by atoms with Gasteiger partial charge in [-0.1, -0.05) is 32.9 Å². The van der Waals surface area contributed by atoms with Gasteiger partial charge in [-0.3, -0.25) is 0 Å². The second-order valence-corrected chi connectivity index (χ2v) is 4.29. The Kier molecular flexibility index (Phi) is 1.72. The third kappa shape index (κ3) is 1.37. The Bertz CT molecular complexity index is 323. The van der Waals surface area contributed by atoms with Crippen LogP contribution >= 0.6 is 0 Å². The first kappa shape index (κ1) is 8.42. The standard InChI is InChI=1S/C11H14O2/c1-11(2,3)8-5-4-6-9-10(8)13-7-12-9/h4-6H,7H2,1-3H3. The average Bonchev–Trinajstić information content (AvgIpc) is 2.48. The first-order valence-electron chi connectivity index (χ1n) is 4.48. The second-order valence-electron chi connectivity index (χ2n) is 4.29. The van der Waals surface area contributed by atoms with Gasteiger partial charge in [-0.2, -0.15) is 0 Å². The van der Waals surface area contributed by atoms with Gasteiger partial charge in [0.25, 0.3) is 0 Å². The predicted molar refractivity (Wildman–Crippen MR) is 51.3 cm³/mol. The van der Waals surface area contributed by atoms with Crippen molar-refractivity contribution in [2.24, 2.45) is 0 Å². The highest BCUT2D eigenvalue weighted by Gasteiger charge is 2.24. The van der Waals surface area contributed by atoms with E-state index in [1.165, 1.54) is 5.56 Å². The number of benzene rings is 1. The minimum atomic E-state index is 0.110. The molecular weight excluding hydrogens is 164 g/mol. The lowest BCUT2D eigenvalue weighted by Gasteiger charge is -2.20. The molecule has 0 aliphatic carbocycles. The lowest BCUT2D eigenvalue weighted by Crippen LogP contribution is -2.11. The third-order valence-electron chi connectivity index (χ3n) is 2.20. The van der Waals surface area contributed by atoms with Crippen LogP contribution in [0.1, 0.15) is 26.3 Å². The van der Waals surface area contributed by atoms with Crippen molar-refractivity contribution in [1.29, 1.82) is 0 Å². The van der Waals surface area contributed by atoms with Gasteiger partial charge in [-0.05, 0) is 11.5 Å². The molecular formula is C11H14O2. The maximum absolute atomic E-state index is 5.43. The van der Waals surface area contributed by atoms with Crippen LogP contribution in [0.25, 0.3) is 0 Å². The number of rotatable bonds is 0. The van der Waals surface area contributed by atoms with Gasteiger partial charge >= 0.3 is 0 Å². The normalized spacial score (nSPS) is 14.7. The molecule has 0 bridgehead atoms. The Morgan fingerprint density at radius 1 is 1.15 bits per heavy atom. The average molecular weight is 178 g/mol. The van der Waals surface area contributed by atoms with Gasteiger partial charge in [0.1, 0.15) is 0 Å². The monoisotopic (exact) mass is 178 g/mol. The van der Waals surface area contributed by atoms with E-state index in [4.69, 9.17) is 9.47 Å². The molecule has 1 aliphatic rings. The number of fused-ring (bicyclic) bond motifs is 1. The fourth-order valence-electron chi connectivity index (χ4n) is 1.52. The first-order valence-corrected chi connectivity index (χ1v) is 4.48. The van der Waals surface area contributed by atoms with Crippen LogP contribution < -0.4 is 9.47 Å². The molecule has 0 saturated heterocycles. The summed E-state index contributed by atoms with van der Waals surface area (Å²) in [6.07, 6.45) is 0. The minimum Gasteiger partial charge on any atom is -0.454 e. The second kappa shape index (κ2) is 2.66. The Morgan fingerprint density at radius 3 is 2.62 bits per heavy atom. The Labute approximate surface area is 78.5 Å². The van der Waals surface area contributed by atoms with E-state index in [0.29, 0.717) is 6.79 Å². The van der Waals surface area contributed by atoms with Gasteiger partial charge in [0.15, 0.2) is 11.5 Å². The SMILES string of the molecule is CC(C)(C)c1cccc2c1OCO2. The van der Waals surface area contributed by atoms with Crippen LogP contribution in [0.4, 0.5) is 0 Å². The molecule has 0 fully saturated rings. The fourth-order valence-corrected chi connectivity index (χ4v) is 1.52. The van der Waals surface area contributed by atoms with Crippen LogP contribution in [0.3, 0.4) is 0 Å². The molecule has 13 heavy (non-hydrogen) atoms. The molecule has 0 unspecified atom stereocenters. The van der Waals surface area contributed by atoms with Crippen molar-refractivity contribution >= 4 is 0 Å². The number of ether oxygens (including phenoxy) is 2. The highest BCUT2D eigenvalue weighted by molar-refractivity contribution is 5.50. The molecule has 0 atom stereocenters. The summed E-state index contributed by atoms with van der Waals surface area (Å²) in [7, 11) is 0. The maximum atomic E-state index is 5.43. The molecule has 0 N–H and O–H groups in total. The number of hydrogen-bond donors (Lipinski definition) is 0. The molecule has 0 amide bonds. The number of para-hydroxylation sites is 1. The van der Waals surface area contributed by atoms with Crippen molar-refractivity contribution in [1.82, 2.24) is 0 Å². The van der Waals surface area contributed by atoms with Gasteiger partial charge in [0, 0.05) is 5.56 Å². The van der Waals surface area contributed by atoms with Crippen LogP contribution in [0.15, 0.2) is 18.2 Å². The van der Waals surface area contributed by atoms with Gasteiger partial charge in [0.2, 0.25) is 6.79 Å². The highest BCUT2D eigenvalue weighted by Crippen LogP contribution is 2.40. The van der Waals surface area contributed by atoms with E-state index in [2.05, 4.69) is 26.8 Å². The Balaban J connectivity index is 2.54. The van der Waals surface area contributed by atoms with E-state index in [1.807, 2.05) is 12.1 Å². The van der Waals surface area contributed by atoms with Gasteiger partial charge in [-0.25, -0.2) is 0 Å². The van der Waals surface area contributed by atoms with Gasteiger partial charge < -0.3 is 9.47 Å². The fraction of sp³-hybridized carbons (Fsp3) is 0.455. The van der Waals surface area contributed by atoms with Crippen molar-refractivity contribution in [3.8, 4) is 11.5 Å². The van der Waals surface area contributed by atoms with Crippen LogP contribution in [0, 0.1) is 0 Å². The molecule has 1 aromatic rings. The van der Waals surface area contributed by atoms with Crippen LogP contribution in [-0.2, 0) is 5.41 Å². The van der Waals surface area contributed by atoms with Gasteiger partial charge in [-0.15, -0.1) is 0 Å². The van der Waals surface area contributed by atoms with Crippen molar-refractivity contribution < 1.29 is 9.47 Å². The molecule has 0 spiro atoms. The van der Waals surface area contributed by atoms with E-state index in [0.717, 1.165) is 11.5 Å². The van der Waals surface area contributed by atoms with Crippen LogP contribution in [0.2, 0.25) is 0 Å². The Hall–Kier alpha value is -1.18. The topological polar surface area (TPSA) is 18.5 Å². The summed E-state index contributed by atoms with van der Waals surface area (Å²) in [6, 6.07) is 6.04. The van der Waals surface area contributed by atoms with Crippen molar-refractivity contribution in [2.75, 3.05) is 6.79 Å². The molecule has 2 heteroatoms. The molecule has 0 radical (unpaired) electrons. The quantitative estimate of drug-likeness (QED) is 0.608. The van der Waals surface area contributed by atoms with Crippen LogP contribution in [0.5, 0.6) is 11.5 Å². The summed E-state index contributed by atoms with van der Waals surface area (Å²) in [5.41, 5.74) is 1.32. The van der Waals surface area contributed by atoms with E-state index in [9.17, 15) is 0 Å². The first-order chi connectivity index (χ1) is 6.09. The van der Waals surface area contributed by atoms with Crippen molar-refractivity contribution in [3.63, 3.8) is 0 Å². The molecule has 2 rings (SSSR count). The zero-order valence-corrected chi connectivity index (χ0v) is 8.26. The minimum absolute atomic E-state index is 0.110. The zero-order valence-electron chi connectivity index (χ0n) is 8.26. The summed E-state index contributed by atoms with van der Waals surface area (Å²) in [6.45, 7) is 6.86. The maximum Gasteiger partial charge on any atom is 0.231 e. The van der Waals surface area contributed by atoms with Crippen molar-refractivity contribution in [2.45, 2.75) is 26.2 Å². The zero-order chi connectivity index (χ0) is 9.47. The largest absolute Gasteiger partial charge is 0.454 e. The van der Waals surface area contributed by atoms with Gasteiger partial charge in [0.05, 0.1) is 0 Å². The third-order valence-corrected chi connectivity index (χ3v) is 2.20. The van der Waals surface area contributed by atoms with E-state index < -0.39 is 0 Å². The van der Waals surface area contributed by atoms with Crippen LogP contribution in [-0.4, -0.2) is 6.79 Å². The number of hydrogen-bond acceptors (Lipinski definition) is 2. The summed E-state index contributed by atoms with van der Waals surface area (Å²) in [5, 5.41) is 0. The van der Waals surface area contributed by atoms with E-state index in [1.54, 1.807) is 0 Å². The molecule has 1 aromatic carbocycles. The predicted octanol–water partition coefficient (Wildman–Crippen LogP) is 2.71. The smallest absolute Gasteiger partial charge is 0.231 e. The lowest BCUT2D eigenvalue weighted by atomic mass is 9.86. The molecule has 70 valence electrons. The molecule has 2 nitrogen and oxygen atoms in total. The molecule has 0 saturated carbocycles. The Morgan fingerprint density at radius 2 is 1.92 bits per heavy atom. The summed E-state index contributed by atoms with van der Waals surface area (Å²) in [4.78, 5) is 0. The van der Waals surface area contributed by atoms with E-state index in [-0.39, 0.29) is 5.41 Å². The summed E-state index contributed by atoms with van der Waals surface area (Å²) >= 11 is 0. The van der Waals surface area contributed by atoms with E-state index >= 15 is 0 Å². The summed E-state index contributed by atoms with van der Waals surface area (Å²) < 4.78 is 10.7.